The molecule has 0 spiro atoms. The Balaban J connectivity index is 1.55. The molecule has 18 heavy (non-hydrogen) atoms. The summed E-state index contributed by atoms with van der Waals surface area (Å²) in [5, 5.41) is 2.97. The zero-order valence-corrected chi connectivity index (χ0v) is 10.7. The van der Waals surface area contributed by atoms with Crippen LogP contribution in [0, 0.1) is 5.92 Å². The Labute approximate surface area is 107 Å². The maximum Gasteiger partial charge on any atom is 0.224 e. The van der Waals surface area contributed by atoms with Gasteiger partial charge in [0.1, 0.15) is 0 Å². The lowest BCUT2D eigenvalue weighted by Crippen LogP contribution is -2.48. The molecule has 0 unspecified atom stereocenters. The van der Waals surface area contributed by atoms with Crippen molar-refractivity contribution in [3.63, 3.8) is 0 Å². The first-order chi connectivity index (χ1) is 8.75. The van der Waals surface area contributed by atoms with Crippen LogP contribution in [0.2, 0.25) is 0 Å². The molecule has 0 aromatic heterocycles. The van der Waals surface area contributed by atoms with Gasteiger partial charge < -0.3 is 10.2 Å². The van der Waals surface area contributed by atoms with Crippen LogP contribution in [0.5, 0.6) is 0 Å². The van der Waals surface area contributed by atoms with E-state index in [1.165, 1.54) is 0 Å². The fraction of sp³-hybridized carbons (Fsp3) is 0.846. The Kier molecular flexibility index (Phi) is 3.24. The van der Waals surface area contributed by atoms with Gasteiger partial charge in [0.2, 0.25) is 11.8 Å². The van der Waals surface area contributed by atoms with Crippen LogP contribution in [0.4, 0.5) is 0 Å². The number of carbonyl (C=O) groups excluding carboxylic acids is 2. The monoisotopic (exact) mass is 251 g/mol. The predicted octanol–water partition coefficient (Wildman–Crippen LogP) is -0.181. The van der Waals surface area contributed by atoms with Crippen LogP contribution < -0.4 is 5.32 Å². The molecule has 3 aliphatic rings. The number of fused-ring (bicyclic) bond motifs is 1. The van der Waals surface area contributed by atoms with Gasteiger partial charge in [0.15, 0.2) is 0 Å². The second-order valence-corrected chi connectivity index (χ2v) is 5.58. The minimum absolute atomic E-state index is 0.188. The van der Waals surface area contributed by atoms with Crippen molar-refractivity contribution < 1.29 is 9.59 Å². The molecular weight excluding hydrogens is 230 g/mol. The summed E-state index contributed by atoms with van der Waals surface area (Å²) >= 11 is 0. The van der Waals surface area contributed by atoms with Crippen LogP contribution in [0.15, 0.2) is 0 Å². The molecule has 0 aromatic rings. The topological polar surface area (TPSA) is 52.7 Å². The van der Waals surface area contributed by atoms with Gasteiger partial charge >= 0.3 is 0 Å². The molecule has 0 radical (unpaired) electrons. The molecule has 100 valence electrons. The van der Waals surface area contributed by atoms with Gasteiger partial charge in [-0.1, -0.05) is 0 Å². The van der Waals surface area contributed by atoms with Crippen molar-refractivity contribution in [1.82, 2.24) is 15.1 Å². The second-order valence-electron chi connectivity index (χ2n) is 5.58. The maximum absolute atomic E-state index is 11.7. The molecule has 1 N–H and O–H groups in total. The molecule has 0 saturated carbocycles. The van der Waals surface area contributed by atoms with E-state index < -0.39 is 0 Å². The smallest absolute Gasteiger partial charge is 0.224 e. The van der Waals surface area contributed by atoms with E-state index in [1.54, 1.807) is 0 Å². The highest BCUT2D eigenvalue weighted by molar-refractivity contribution is 5.82. The minimum atomic E-state index is 0.188. The van der Waals surface area contributed by atoms with Crippen molar-refractivity contribution in [2.75, 3.05) is 32.7 Å². The molecule has 5 heteroatoms. The van der Waals surface area contributed by atoms with Crippen LogP contribution in [-0.4, -0.2) is 60.4 Å². The molecule has 3 aliphatic heterocycles. The normalized spacial score (nSPS) is 32.8. The zero-order chi connectivity index (χ0) is 12.5. The third-order valence-corrected chi connectivity index (χ3v) is 4.54. The molecular formula is C13H21N3O2. The average molecular weight is 251 g/mol. The largest absolute Gasteiger partial charge is 0.354 e. The first kappa shape index (κ1) is 12.0. The number of nitrogens with zero attached hydrogens (tertiary/aromatic N) is 2. The Morgan fingerprint density at radius 3 is 2.83 bits per heavy atom. The Bertz CT molecular complexity index is 358. The molecule has 2 amide bonds. The van der Waals surface area contributed by atoms with Crippen molar-refractivity contribution in [3.05, 3.63) is 0 Å². The average Bonchev–Trinajstić information content (AvgIpc) is 2.95. The first-order valence-electron chi connectivity index (χ1n) is 7.05. The Morgan fingerprint density at radius 1 is 1.17 bits per heavy atom. The summed E-state index contributed by atoms with van der Waals surface area (Å²) in [5.74, 6) is 0.708. The number of carbonyl (C=O) groups is 2. The summed E-state index contributed by atoms with van der Waals surface area (Å²) in [6, 6.07) is 0.365. The highest BCUT2D eigenvalue weighted by atomic mass is 16.2. The van der Waals surface area contributed by atoms with Crippen LogP contribution in [0.1, 0.15) is 25.7 Å². The van der Waals surface area contributed by atoms with E-state index in [-0.39, 0.29) is 11.8 Å². The molecule has 5 nitrogen and oxygen atoms in total. The summed E-state index contributed by atoms with van der Waals surface area (Å²) in [6.45, 7) is 4.52. The van der Waals surface area contributed by atoms with Gasteiger partial charge in [0.05, 0.1) is 5.92 Å². The van der Waals surface area contributed by atoms with E-state index in [0.29, 0.717) is 18.4 Å². The molecule has 0 bridgehead atoms. The standard InChI is InChI=1S/C13H21N3O2/c17-12-4-2-6-16(12)8-7-15-5-1-3-10-11(15)9-14-13(10)18/h10-11H,1-9H2,(H,14,18)/t10-,11-/m1/s1. The fourth-order valence-corrected chi connectivity index (χ4v) is 3.51. The van der Waals surface area contributed by atoms with Gasteiger partial charge in [-0.2, -0.15) is 0 Å². The van der Waals surface area contributed by atoms with E-state index >= 15 is 0 Å². The number of piperidine rings is 1. The van der Waals surface area contributed by atoms with Gasteiger partial charge in [-0.25, -0.2) is 0 Å². The van der Waals surface area contributed by atoms with E-state index in [9.17, 15) is 9.59 Å². The highest BCUT2D eigenvalue weighted by Crippen LogP contribution is 2.27. The van der Waals surface area contributed by atoms with Gasteiger partial charge in [0, 0.05) is 38.6 Å². The van der Waals surface area contributed by atoms with Crippen LogP contribution in [0.3, 0.4) is 0 Å². The second kappa shape index (κ2) is 4.88. The van der Waals surface area contributed by atoms with E-state index in [1.807, 2.05) is 4.90 Å². The molecule has 3 fully saturated rings. The van der Waals surface area contributed by atoms with Crippen LogP contribution in [0.25, 0.3) is 0 Å². The van der Waals surface area contributed by atoms with Gasteiger partial charge in [-0.15, -0.1) is 0 Å². The summed E-state index contributed by atoms with van der Waals surface area (Å²) in [6.07, 6.45) is 3.84. The summed E-state index contributed by atoms with van der Waals surface area (Å²) in [5.41, 5.74) is 0. The third-order valence-electron chi connectivity index (χ3n) is 4.54. The summed E-state index contributed by atoms with van der Waals surface area (Å²) in [7, 11) is 0. The lowest BCUT2D eigenvalue weighted by molar-refractivity contribution is -0.128. The molecule has 3 heterocycles. The quantitative estimate of drug-likeness (QED) is 0.757. The van der Waals surface area contributed by atoms with Gasteiger partial charge in [-0.05, 0) is 25.8 Å². The van der Waals surface area contributed by atoms with E-state index in [2.05, 4.69) is 10.2 Å². The maximum atomic E-state index is 11.7. The predicted molar refractivity (Wildman–Crippen MR) is 66.9 cm³/mol. The van der Waals surface area contributed by atoms with Crippen LogP contribution >= 0.6 is 0 Å². The minimum Gasteiger partial charge on any atom is -0.354 e. The van der Waals surface area contributed by atoms with Crippen LogP contribution in [-0.2, 0) is 9.59 Å². The molecule has 3 saturated heterocycles. The number of nitrogens with one attached hydrogen (secondary N) is 1. The lowest BCUT2D eigenvalue weighted by atomic mass is 9.91. The molecule has 3 rings (SSSR count). The Morgan fingerprint density at radius 2 is 2.06 bits per heavy atom. The van der Waals surface area contributed by atoms with Gasteiger partial charge in [0.25, 0.3) is 0 Å². The van der Waals surface area contributed by atoms with Crippen molar-refractivity contribution >= 4 is 11.8 Å². The lowest BCUT2D eigenvalue weighted by Gasteiger charge is -2.36. The SMILES string of the molecule is O=C1NC[C@@H]2[C@H]1CCCN2CCN1CCCC1=O. The van der Waals surface area contributed by atoms with E-state index in [0.717, 1.165) is 52.0 Å². The number of hydrogen-bond donors (Lipinski definition) is 1. The molecule has 2 atom stereocenters. The zero-order valence-electron chi connectivity index (χ0n) is 10.7. The number of hydrogen-bond acceptors (Lipinski definition) is 3. The van der Waals surface area contributed by atoms with Gasteiger partial charge in [-0.3, -0.25) is 14.5 Å². The number of likely N-dealkylation sites (tertiary alicyclic amines) is 2. The summed E-state index contributed by atoms with van der Waals surface area (Å²) < 4.78 is 0. The summed E-state index contributed by atoms with van der Waals surface area (Å²) in [4.78, 5) is 27.6. The van der Waals surface area contributed by atoms with E-state index in [4.69, 9.17) is 0 Å². The van der Waals surface area contributed by atoms with Crippen molar-refractivity contribution in [2.24, 2.45) is 5.92 Å². The molecule has 0 aliphatic carbocycles. The van der Waals surface area contributed by atoms with Crippen molar-refractivity contribution in [3.8, 4) is 0 Å². The number of amides is 2. The Hall–Kier alpha value is -1.10. The number of rotatable bonds is 3. The first-order valence-corrected chi connectivity index (χ1v) is 7.05. The fourth-order valence-electron chi connectivity index (χ4n) is 3.51. The highest BCUT2D eigenvalue weighted by Gasteiger charge is 2.40. The van der Waals surface area contributed by atoms with Crippen molar-refractivity contribution in [2.45, 2.75) is 31.7 Å². The molecule has 0 aromatic carbocycles. The van der Waals surface area contributed by atoms with Crippen molar-refractivity contribution in [1.29, 1.82) is 0 Å². The third kappa shape index (κ3) is 2.11.